The van der Waals surface area contributed by atoms with Crippen molar-refractivity contribution < 1.29 is 45.0 Å². The van der Waals surface area contributed by atoms with Gasteiger partial charge in [0.05, 0.1) is 19.8 Å². The molecule has 0 spiro atoms. The zero-order valence-electron chi connectivity index (χ0n) is 53.5. The zero-order valence-corrected chi connectivity index (χ0v) is 53.5. The van der Waals surface area contributed by atoms with Gasteiger partial charge in [-0.15, -0.1) is 0 Å². The average molecular weight is 1110 g/mol. The lowest BCUT2D eigenvalue weighted by Crippen LogP contribution is -2.32. The highest BCUT2D eigenvalue weighted by atomic mass is 16.4. The van der Waals surface area contributed by atoms with E-state index < -0.39 is 23.3 Å². The summed E-state index contributed by atoms with van der Waals surface area (Å²) >= 11 is 0. The van der Waals surface area contributed by atoms with Crippen LogP contribution in [0, 0.1) is 23.2 Å². The molecule has 3 atom stereocenters. The molecule has 9 nitrogen and oxygen atoms in total. The number of unbranched alkanes of at least 4 members (excludes halogenated alkanes) is 36. The Hall–Kier alpha value is -1.71. The molecule has 3 unspecified atom stereocenters. The van der Waals surface area contributed by atoms with Crippen LogP contribution >= 0.6 is 0 Å². The molecule has 0 aromatic rings. The van der Waals surface area contributed by atoms with Crippen LogP contribution in [0.2, 0.25) is 0 Å². The highest BCUT2D eigenvalue weighted by molar-refractivity contribution is 5.67. The first-order chi connectivity index (χ1) is 37.8. The van der Waals surface area contributed by atoms with E-state index in [-0.39, 0.29) is 19.8 Å². The second-order valence-corrected chi connectivity index (χ2v) is 24.2. The van der Waals surface area contributed by atoms with Crippen LogP contribution in [-0.4, -0.2) is 68.4 Å². The molecule has 470 valence electrons. The lowest BCUT2D eigenvalue weighted by molar-refractivity contribution is -0.139. The number of hydrogen-bond donors (Lipinski definition) is 6. The Bertz CT molecular complexity index is 1020. The summed E-state index contributed by atoms with van der Waals surface area (Å²) in [5.41, 5.74) is -0.667. The Morgan fingerprint density at radius 3 is 0.500 bits per heavy atom. The highest BCUT2D eigenvalue weighted by Gasteiger charge is 2.25. The molecule has 0 saturated carbocycles. The van der Waals surface area contributed by atoms with Crippen molar-refractivity contribution in [1.82, 2.24) is 0 Å². The highest BCUT2D eigenvalue weighted by Crippen LogP contribution is 2.25. The summed E-state index contributed by atoms with van der Waals surface area (Å²) in [5.74, 6) is -0.585. The van der Waals surface area contributed by atoms with E-state index in [1.54, 1.807) is 0 Å². The van der Waals surface area contributed by atoms with Gasteiger partial charge in [0.25, 0.3) is 0 Å². The second-order valence-electron chi connectivity index (χ2n) is 24.2. The minimum absolute atomic E-state index is 0.156. The molecule has 0 heterocycles. The Kier molecular flexibility index (Phi) is 73.8. The molecule has 0 aromatic carbocycles. The predicted octanol–water partition coefficient (Wildman–Crippen LogP) is 21.4. The van der Waals surface area contributed by atoms with Crippen molar-refractivity contribution in [2.75, 3.05) is 19.8 Å². The Morgan fingerprint density at radius 2 is 0.397 bits per heavy atom. The molecule has 0 bridgehead atoms. The molecule has 0 aliphatic carbocycles. The summed E-state index contributed by atoms with van der Waals surface area (Å²) in [4.78, 5) is 33.1. The van der Waals surface area contributed by atoms with Gasteiger partial charge in [-0.05, 0) is 62.7 Å². The van der Waals surface area contributed by atoms with Gasteiger partial charge in [-0.25, -0.2) is 0 Å². The lowest BCUT2D eigenvalue weighted by atomic mass is 9.88. The molecule has 0 radical (unpaired) electrons. The van der Waals surface area contributed by atoms with E-state index in [9.17, 15) is 14.4 Å². The Morgan fingerprint density at radius 1 is 0.256 bits per heavy atom. The van der Waals surface area contributed by atoms with Crippen LogP contribution < -0.4 is 0 Å². The molecule has 0 amide bonds. The van der Waals surface area contributed by atoms with E-state index in [1.165, 1.54) is 270 Å². The van der Waals surface area contributed by atoms with Gasteiger partial charge in [-0.3, -0.25) is 14.4 Å². The third-order valence-electron chi connectivity index (χ3n) is 16.4. The van der Waals surface area contributed by atoms with E-state index in [1.807, 2.05) is 6.92 Å². The molecular formula is C69H140O9. The monoisotopic (exact) mass is 1110 g/mol. The molecule has 0 aliphatic heterocycles. The number of hydrogen-bond acceptors (Lipinski definition) is 6. The number of carboxylic acid groups (broad SMARTS) is 3. The maximum Gasteiger partial charge on any atom is 0.303 e. The zero-order chi connectivity index (χ0) is 58.9. The second kappa shape index (κ2) is 69.6. The van der Waals surface area contributed by atoms with Crippen molar-refractivity contribution in [1.29, 1.82) is 0 Å². The molecule has 0 aromatic heterocycles. The SMILES string of the molecule is CCC(CO)(CO)CO.CCCCCCCCCCC(CCCCCCCC)CC(=O)O.CCCCCCCCCCC(CCCCCCCC)CC(=O)O.CCCCCCCCCCC(CCCCCCCC)CC(=O)O. The number of aliphatic hydroxyl groups excluding tert-OH is 3. The van der Waals surface area contributed by atoms with Gasteiger partial charge in [0.1, 0.15) is 0 Å². The van der Waals surface area contributed by atoms with Crippen molar-refractivity contribution >= 4 is 17.9 Å². The van der Waals surface area contributed by atoms with Crippen LogP contribution in [0.4, 0.5) is 0 Å². The third kappa shape index (κ3) is 68.6. The van der Waals surface area contributed by atoms with Gasteiger partial charge >= 0.3 is 17.9 Å². The average Bonchev–Trinajstić information content (AvgIpc) is 3.42. The van der Waals surface area contributed by atoms with Crippen LogP contribution in [0.1, 0.15) is 382 Å². The molecule has 0 aliphatic rings. The lowest BCUT2D eigenvalue weighted by Gasteiger charge is -2.24. The molecule has 0 fully saturated rings. The quantitative estimate of drug-likeness (QED) is 0.0324. The third-order valence-corrected chi connectivity index (χ3v) is 16.4. The minimum atomic E-state index is -0.667. The van der Waals surface area contributed by atoms with Crippen molar-refractivity contribution in [3.63, 3.8) is 0 Å². The first-order valence-electron chi connectivity index (χ1n) is 34.3. The number of carboxylic acids is 3. The van der Waals surface area contributed by atoms with Gasteiger partial charge in [0, 0.05) is 24.7 Å². The smallest absolute Gasteiger partial charge is 0.303 e. The molecule has 9 heteroatoms. The summed E-state index contributed by atoms with van der Waals surface area (Å²) in [6.45, 7) is 14.9. The number of rotatable bonds is 58. The van der Waals surface area contributed by atoms with Crippen molar-refractivity contribution in [3.8, 4) is 0 Å². The predicted molar refractivity (Wildman–Crippen MR) is 337 cm³/mol. The Balaban J connectivity index is -0.000000487. The first-order valence-corrected chi connectivity index (χ1v) is 34.3. The summed E-state index contributed by atoms with van der Waals surface area (Å²) in [6, 6.07) is 0. The largest absolute Gasteiger partial charge is 0.481 e. The molecular weight excluding hydrogens is 973 g/mol. The topological polar surface area (TPSA) is 173 Å². The van der Waals surface area contributed by atoms with E-state index in [4.69, 9.17) is 30.6 Å². The van der Waals surface area contributed by atoms with E-state index in [0.717, 1.165) is 38.5 Å². The molecule has 6 N–H and O–H groups in total. The fraction of sp³-hybridized carbons (Fsp3) is 0.957. The molecule has 0 rings (SSSR count). The number of carbonyl (C=O) groups is 3. The Labute approximate surface area is 486 Å². The summed E-state index contributed by atoms with van der Waals surface area (Å²) in [7, 11) is 0. The molecule has 0 saturated heterocycles. The van der Waals surface area contributed by atoms with Crippen molar-refractivity contribution in [2.24, 2.45) is 23.2 Å². The maximum absolute atomic E-state index is 11.0. The van der Waals surface area contributed by atoms with Crippen LogP contribution in [0.15, 0.2) is 0 Å². The van der Waals surface area contributed by atoms with Crippen molar-refractivity contribution in [2.45, 2.75) is 382 Å². The molecule has 78 heavy (non-hydrogen) atoms. The first kappa shape index (κ1) is 82.8. The minimum Gasteiger partial charge on any atom is -0.481 e. The van der Waals surface area contributed by atoms with Crippen LogP contribution in [-0.2, 0) is 14.4 Å². The van der Waals surface area contributed by atoms with Gasteiger partial charge < -0.3 is 30.6 Å². The number of aliphatic hydroxyl groups is 3. The van der Waals surface area contributed by atoms with Gasteiger partial charge in [-0.1, -0.05) is 318 Å². The summed E-state index contributed by atoms with van der Waals surface area (Å²) in [6.07, 6.45) is 63.9. The van der Waals surface area contributed by atoms with E-state index in [0.29, 0.717) is 43.4 Å². The fourth-order valence-corrected chi connectivity index (χ4v) is 10.6. The standard InChI is InChI=1S/3C21H42O2.C6H14O3/c3*1-3-5-7-9-11-12-14-16-18-20(19-21(22)23)17-15-13-10-8-6-4-2;1-2-6(3-7,4-8)5-9/h3*20H,3-19H2,1-2H3,(H,22,23);7-9H,2-5H2,1H3. The van der Waals surface area contributed by atoms with Crippen LogP contribution in [0.5, 0.6) is 0 Å². The maximum atomic E-state index is 11.0. The van der Waals surface area contributed by atoms with Crippen LogP contribution in [0.25, 0.3) is 0 Å². The van der Waals surface area contributed by atoms with E-state index >= 15 is 0 Å². The van der Waals surface area contributed by atoms with Gasteiger partial charge in [0.15, 0.2) is 0 Å². The van der Waals surface area contributed by atoms with Crippen LogP contribution in [0.3, 0.4) is 0 Å². The normalized spacial score (nSPS) is 12.4. The van der Waals surface area contributed by atoms with Crippen molar-refractivity contribution in [3.05, 3.63) is 0 Å². The van der Waals surface area contributed by atoms with E-state index in [2.05, 4.69) is 41.5 Å². The van der Waals surface area contributed by atoms with Gasteiger partial charge in [0.2, 0.25) is 0 Å². The van der Waals surface area contributed by atoms with Gasteiger partial charge in [-0.2, -0.15) is 0 Å². The number of aliphatic carboxylic acids is 3. The summed E-state index contributed by atoms with van der Waals surface area (Å²) in [5, 5.41) is 53.2. The fourth-order valence-electron chi connectivity index (χ4n) is 10.6. The summed E-state index contributed by atoms with van der Waals surface area (Å²) < 4.78 is 0.